The molecule has 1 rings (SSSR count). The van der Waals surface area contributed by atoms with Gasteiger partial charge in [0.15, 0.2) is 0 Å². The Kier molecular flexibility index (Phi) is 4.11. The highest BCUT2D eigenvalue weighted by atomic mass is 32.1. The van der Waals surface area contributed by atoms with Gasteiger partial charge in [-0.3, -0.25) is 11.3 Å². The quantitative estimate of drug-likeness (QED) is 0.595. The third-order valence-electron chi connectivity index (χ3n) is 2.88. The van der Waals surface area contributed by atoms with Crippen molar-refractivity contribution in [3.05, 3.63) is 21.4 Å². The van der Waals surface area contributed by atoms with Gasteiger partial charge in [0.25, 0.3) is 0 Å². The molecule has 0 aliphatic carbocycles. The maximum atomic E-state index is 5.60. The van der Waals surface area contributed by atoms with E-state index in [1.54, 1.807) is 0 Å². The molecule has 3 N–H and O–H groups in total. The van der Waals surface area contributed by atoms with Gasteiger partial charge in [-0.1, -0.05) is 20.3 Å². The van der Waals surface area contributed by atoms with Gasteiger partial charge in [-0.25, -0.2) is 0 Å². The second kappa shape index (κ2) is 4.91. The van der Waals surface area contributed by atoms with E-state index in [0.717, 1.165) is 6.42 Å². The van der Waals surface area contributed by atoms with Gasteiger partial charge in [0.2, 0.25) is 0 Å². The fraction of sp³-hybridized carbons (Fsp3) is 0.636. The monoisotopic (exact) mass is 212 g/mol. The molecule has 0 saturated heterocycles. The van der Waals surface area contributed by atoms with E-state index in [1.165, 1.54) is 15.3 Å². The first-order chi connectivity index (χ1) is 6.60. The molecule has 1 aromatic rings. The maximum Gasteiger partial charge on any atom is 0.0578 e. The lowest BCUT2D eigenvalue weighted by Crippen LogP contribution is -2.31. The van der Waals surface area contributed by atoms with Gasteiger partial charge < -0.3 is 0 Å². The molecule has 3 heteroatoms. The van der Waals surface area contributed by atoms with E-state index >= 15 is 0 Å². The summed E-state index contributed by atoms with van der Waals surface area (Å²) in [4.78, 5) is 2.75. The second-order valence-electron chi connectivity index (χ2n) is 3.92. The predicted octanol–water partition coefficient (Wildman–Crippen LogP) is 2.92. The van der Waals surface area contributed by atoms with Gasteiger partial charge in [-0.2, -0.15) is 0 Å². The molecule has 0 saturated carbocycles. The van der Waals surface area contributed by atoms with Crippen molar-refractivity contribution in [2.24, 2.45) is 11.8 Å². The molecule has 0 radical (unpaired) electrons. The zero-order valence-electron chi connectivity index (χ0n) is 9.42. The van der Waals surface area contributed by atoms with Crippen molar-refractivity contribution in [3.8, 4) is 0 Å². The Balaban J connectivity index is 2.89. The molecule has 0 aliphatic heterocycles. The molecule has 0 aromatic carbocycles. The predicted molar refractivity (Wildman–Crippen MR) is 63.3 cm³/mol. The molecule has 0 fully saturated rings. The fourth-order valence-corrected chi connectivity index (χ4v) is 2.75. The van der Waals surface area contributed by atoms with Crippen LogP contribution in [0.15, 0.2) is 6.07 Å². The van der Waals surface area contributed by atoms with Crippen molar-refractivity contribution in [2.75, 3.05) is 0 Å². The number of hydrogen-bond donors (Lipinski definition) is 2. The van der Waals surface area contributed by atoms with E-state index < -0.39 is 0 Å². The molecule has 0 amide bonds. The SMILES string of the molecule is CCC(C)C(NN)c1cc(C)c(C)s1. The minimum atomic E-state index is 0.303. The van der Waals surface area contributed by atoms with Crippen molar-refractivity contribution < 1.29 is 0 Å². The minimum absolute atomic E-state index is 0.303. The van der Waals surface area contributed by atoms with Crippen molar-refractivity contribution >= 4 is 11.3 Å². The first-order valence-corrected chi connectivity index (χ1v) is 5.94. The molecule has 14 heavy (non-hydrogen) atoms. The Labute approximate surface area is 90.5 Å². The van der Waals surface area contributed by atoms with E-state index in [0.29, 0.717) is 12.0 Å². The lowest BCUT2D eigenvalue weighted by Gasteiger charge is -2.20. The number of thiophene rings is 1. The van der Waals surface area contributed by atoms with Crippen LogP contribution in [0.5, 0.6) is 0 Å². The largest absolute Gasteiger partial charge is 0.271 e. The van der Waals surface area contributed by atoms with E-state index in [1.807, 2.05) is 11.3 Å². The summed E-state index contributed by atoms with van der Waals surface area (Å²) in [5.41, 5.74) is 4.29. The van der Waals surface area contributed by atoms with Gasteiger partial charge in [0.05, 0.1) is 6.04 Å². The van der Waals surface area contributed by atoms with Crippen LogP contribution in [0.25, 0.3) is 0 Å². The Morgan fingerprint density at radius 2 is 2.14 bits per heavy atom. The summed E-state index contributed by atoms with van der Waals surface area (Å²) >= 11 is 1.85. The highest BCUT2D eigenvalue weighted by molar-refractivity contribution is 7.12. The summed E-state index contributed by atoms with van der Waals surface area (Å²) in [6.45, 7) is 8.74. The highest BCUT2D eigenvalue weighted by Crippen LogP contribution is 2.31. The minimum Gasteiger partial charge on any atom is -0.271 e. The lowest BCUT2D eigenvalue weighted by molar-refractivity contribution is 0.388. The van der Waals surface area contributed by atoms with Crippen molar-refractivity contribution in [1.82, 2.24) is 5.43 Å². The highest BCUT2D eigenvalue weighted by Gasteiger charge is 2.18. The molecule has 1 heterocycles. The zero-order valence-corrected chi connectivity index (χ0v) is 10.2. The van der Waals surface area contributed by atoms with Gasteiger partial charge >= 0.3 is 0 Å². The topological polar surface area (TPSA) is 38.0 Å². The number of nitrogens with one attached hydrogen (secondary N) is 1. The Morgan fingerprint density at radius 3 is 2.50 bits per heavy atom. The average molecular weight is 212 g/mol. The van der Waals surface area contributed by atoms with Gasteiger partial charge in [-0.05, 0) is 31.4 Å². The number of rotatable bonds is 4. The van der Waals surface area contributed by atoms with Crippen LogP contribution in [0.4, 0.5) is 0 Å². The Bertz CT molecular complexity index is 274. The van der Waals surface area contributed by atoms with Crippen LogP contribution in [0.3, 0.4) is 0 Å². The summed E-state index contributed by atoms with van der Waals surface area (Å²) in [7, 11) is 0. The summed E-state index contributed by atoms with van der Waals surface area (Å²) in [6, 6.07) is 2.55. The number of hydrazine groups is 1. The van der Waals surface area contributed by atoms with E-state index in [-0.39, 0.29) is 0 Å². The smallest absolute Gasteiger partial charge is 0.0578 e. The van der Waals surface area contributed by atoms with E-state index in [9.17, 15) is 0 Å². The van der Waals surface area contributed by atoms with Crippen molar-refractivity contribution in [2.45, 2.75) is 40.2 Å². The Hall–Kier alpha value is -0.380. The third kappa shape index (κ3) is 2.35. The normalized spacial score (nSPS) is 15.5. The summed E-state index contributed by atoms with van der Waals surface area (Å²) in [6.07, 6.45) is 1.14. The van der Waals surface area contributed by atoms with Crippen LogP contribution >= 0.6 is 11.3 Å². The van der Waals surface area contributed by atoms with Crippen LogP contribution in [-0.4, -0.2) is 0 Å². The van der Waals surface area contributed by atoms with Crippen LogP contribution in [0, 0.1) is 19.8 Å². The molecule has 0 aliphatic rings. The average Bonchev–Trinajstić information content (AvgIpc) is 2.48. The Morgan fingerprint density at radius 1 is 1.50 bits per heavy atom. The van der Waals surface area contributed by atoms with E-state index in [4.69, 9.17) is 5.84 Å². The molecule has 2 atom stereocenters. The molecule has 80 valence electrons. The summed E-state index contributed by atoms with van der Waals surface area (Å²) < 4.78 is 0. The molecule has 1 aromatic heterocycles. The lowest BCUT2D eigenvalue weighted by atomic mass is 9.98. The van der Waals surface area contributed by atoms with Gasteiger partial charge in [-0.15, -0.1) is 11.3 Å². The molecular formula is C11H20N2S. The third-order valence-corrected chi connectivity index (χ3v) is 4.12. The molecular weight excluding hydrogens is 192 g/mol. The van der Waals surface area contributed by atoms with Crippen LogP contribution in [0.1, 0.15) is 41.6 Å². The van der Waals surface area contributed by atoms with Crippen LogP contribution in [-0.2, 0) is 0 Å². The molecule has 2 unspecified atom stereocenters. The number of hydrogen-bond acceptors (Lipinski definition) is 3. The van der Waals surface area contributed by atoms with Gasteiger partial charge in [0.1, 0.15) is 0 Å². The zero-order chi connectivity index (χ0) is 10.7. The maximum absolute atomic E-state index is 5.60. The first kappa shape index (κ1) is 11.7. The summed E-state index contributed by atoms with van der Waals surface area (Å²) in [5.74, 6) is 6.18. The molecule has 0 spiro atoms. The second-order valence-corrected chi connectivity index (χ2v) is 5.21. The van der Waals surface area contributed by atoms with Crippen molar-refractivity contribution in [1.29, 1.82) is 0 Å². The van der Waals surface area contributed by atoms with E-state index in [2.05, 4.69) is 39.2 Å². The number of aryl methyl sites for hydroxylation is 2. The molecule has 2 nitrogen and oxygen atoms in total. The molecule has 0 bridgehead atoms. The van der Waals surface area contributed by atoms with Crippen LogP contribution < -0.4 is 11.3 Å². The number of nitrogens with two attached hydrogens (primary N) is 1. The van der Waals surface area contributed by atoms with Crippen molar-refractivity contribution in [3.63, 3.8) is 0 Å². The van der Waals surface area contributed by atoms with Gasteiger partial charge in [0, 0.05) is 9.75 Å². The standard InChI is InChI=1S/C11H20N2S/c1-5-7(2)11(13-12)10-6-8(3)9(4)14-10/h6-7,11,13H,5,12H2,1-4H3. The van der Waals surface area contributed by atoms with Crippen LogP contribution in [0.2, 0.25) is 0 Å². The fourth-order valence-electron chi connectivity index (χ4n) is 1.52. The first-order valence-electron chi connectivity index (χ1n) is 5.13. The summed E-state index contributed by atoms with van der Waals surface area (Å²) in [5, 5.41) is 0.